The molecule has 68 valence electrons. The molecule has 0 aliphatic heterocycles. The lowest BCUT2D eigenvalue weighted by Crippen LogP contribution is -1.82. The summed E-state index contributed by atoms with van der Waals surface area (Å²) in [4.78, 5) is 9.00. The van der Waals surface area contributed by atoms with Gasteiger partial charge in [0.2, 0.25) is 0 Å². The van der Waals surface area contributed by atoms with Crippen molar-refractivity contribution in [1.82, 2.24) is 0 Å². The molecule has 1 aromatic rings. The second-order valence-corrected chi connectivity index (χ2v) is 2.25. The molecule has 0 fully saturated rings. The van der Waals surface area contributed by atoms with Crippen molar-refractivity contribution < 1.29 is 9.90 Å². The second kappa shape index (κ2) is 5.61. The lowest BCUT2D eigenvalue weighted by molar-refractivity contribution is -0.134. The van der Waals surface area contributed by atoms with Crippen molar-refractivity contribution in [3.05, 3.63) is 29.8 Å². The largest absolute Gasteiger partial charge is 0.481 e. The summed E-state index contributed by atoms with van der Waals surface area (Å²) >= 11 is 0. The van der Waals surface area contributed by atoms with Crippen molar-refractivity contribution in [2.24, 2.45) is 0 Å². The molecule has 0 unspecified atom stereocenters. The summed E-state index contributed by atoms with van der Waals surface area (Å²) in [7, 11) is 0. The Morgan fingerprint density at radius 2 is 1.85 bits per heavy atom. The molecule has 3 N–H and O–H groups in total. The normalized spacial score (nSPS) is 7.69. The number of carbonyl (C=O) groups is 1. The van der Waals surface area contributed by atoms with E-state index in [0.29, 0.717) is 11.3 Å². The van der Waals surface area contributed by atoms with Gasteiger partial charge in [-0.25, -0.2) is 0 Å². The third-order valence-corrected chi connectivity index (χ3v) is 1.04. The summed E-state index contributed by atoms with van der Waals surface area (Å²) in [5.41, 5.74) is 6.70. The summed E-state index contributed by atoms with van der Waals surface area (Å²) < 4.78 is 0. The van der Waals surface area contributed by atoms with Crippen LogP contribution in [0.4, 0.5) is 5.69 Å². The molecular weight excluding hydrogens is 168 g/mol. The molecule has 0 saturated heterocycles. The fourth-order valence-corrected chi connectivity index (χ4v) is 0.558. The topological polar surface area (TPSA) is 87.1 Å². The minimum atomic E-state index is -0.833. The van der Waals surface area contributed by atoms with Crippen LogP contribution in [0.3, 0.4) is 0 Å². The summed E-state index contributed by atoms with van der Waals surface area (Å²) in [5, 5.41) is 15.8. The van der Waals surface area contributed by atoms with Crippen molar-refractivity contribution in [1.29, 1.82) is 5.26 Å². The van der Waals surface area contributed by atoms with Gasteiger partial charge in [-0.15, -0.1) is 0 Å². The van der Waals surface area contributed by atoms with Gasteiger partial charge in [-0.2, -0.15) is 5.26 Å². The van der Waals surface area contributed by atoms with Crippen LogP contribution < -0.4 is 5.73 Å². The number of carboxylic acid groups (broad SMARTS) is 1. The van der Waals surface area contributed by atoms with Gasteiger partial charge in [0.15, 0.2) is 0 Å². The minimum Gasteiger partial charge on any atom is -0.481 e. The summed E-state index contributed by atoms with van der Waals surface area (Å²) in [6.07, 6.45) is 0. The van der Waals surface area contributed by atoms with Gasteiger partial charge in [0.05, 0.1) is 11.6 Å². The van der Waals surface area contributed by atoms with E-state index in [0.717, 1.165) is 6.92 Å². The van der Waals surface area contributed by atoms with E-state index >= 15 is 0 Å². The number of benzene rings is 1. The van der Waals surface area contributed by atoms with Gasteiger partial charge in [-0.05, 0) is 24.3 Å². The van der Waals surface area contributed by atoms with Crippen LogP contribution in [-0.4, -0.2) is 11.1 Å². The molecule has 1 aromatic carbocycles. The number of hydrogen-bond acceptors (Lipinski definition) is 3. The average Bonchev–Trinajstić information content (AvgIpc) is 2.05. The van der Waals surface area contributed by atoms with E-state index in [-0.39, 0.29) is 0 Å². The molecule has 0 aromatic heterocycles. The Bertz CT molecular complexity index is 307. The highest BCUT2D eigenvalue weighted by molar-refractivity contribution is 5.62. The number of nitrogens with two attached hydrogens (primary N) is 1. The first kappa shape index (κ1) is 11.0. The highest BCUT2D eigenvalue weighted by Gasteiger charge is 1.85. The van der Waals surface area contributed by atoms with E-state index in [1.165, 1.54) is 0 Å². The fourth-order valence-electron chi connectivity index (χ4n) is 0.558. The summed E-state index contributed by atoms with van der Waals surface area (Å²) in [6.45, 7) is 1.08. The highest BCUT2D eigenvalue weighted by atomic mass is 16.4. The SMILES string of the molecule is CC(=O)O.N#Cc1ccc(N)cc1. The van der Waals surface area contributed by atoms with Gasteiger partial charge >= 0.3 is 0 Å². The zero-order valence-corrected chi connectivity index (χ0v) is 7.19. The maximum Gasteiger partial charge on any atom is 0.300 e. The van der Waals surface area contributed by atoms with Crippen LogP contribution in [0.2, 0.25) is 0 Å². The molecule has 0 amide bonds. The van der Waals surface area contributed by atoms with Crippen molar-refractivity contribution in [2.45, 2.75) is 6.92 Å². The minimum absolute atomic E-state index is 0.643. The van der Waals surface area contributed by atoms with Crippen LogP contribution in [0.15, 0.2) is 24.3 Å². The van der Waals surface area contributed by atoms with Crippen LogP contribution in [-0.2, 0) is 4.79 Å². The third-order valence-electron chi connectivity index (χ3n) is 1.04. The number of nitrogen functional groups attached to an aromatic ring is 1. The Hall–Kier alpha value is -2.02. The quantitative estimate of drug-likeness (QED) is 0.585. The van der Waals surface area contributed by atoms with Crippen LogP contribution in [0.5, 0.6) is 0 Å². The zero-order valence-electron chi connectivity index (χ0n) is 7.19. The van der Waals surface area contributed by atoms with Crippen LogP contribution in [0, 0.1) is 11.3 Å². The molecule has 4 nitrogen and oxygen atoms in total. The van der Waals surface area contributed by atoms with Gasteiger partial charge in [0.1, 0.15) is 0 Å². The number of rotatable bonds is 0. The van der Waals surface area contributed by atoms with Gasteiger partial charge < -0.3 is 10.8 Å². The Morgan fingerprint density at radius 3 is 2.15 bits per heavy atom. The average molecular weight is 178 g/mol. The first-order valence-electron chi connectivity index (χ1n) is 3.51. The number of nitriles is 1. The number of aliphatic carboxylic acids is 1. The highest BCUT2D eigenvalue weighted by Crippen LogP contribution is 2.02. The first-order chi connectivity index (χ1) is 6.06. The van der Waals surface area contributed by atoms with Crippen LogP contribution >= 0.6 is 0 Å². The van der Waals surface area contributed by atoms with Gasteiger partial charge in [0, 0.05) is 12.6 Å². The molecule has 0 bridgehead atoms. The lowest BCUT2D eigenvalue weighted by atomic mass is 10.2. The number of nitrogens with zero attached hydrogens (tertiary/aromatic N) is 1. The molecule has 0 saturated carbocycles. The van der Waals surface area contributed by atoms with E-state index in [4.69, 9.17) is 20.9 Å². The third kappa shape index (κ3) is 6.38. The molecule has 0 heterocycles. The predicted octanol–water partition coefficient (Wildman–Crippen LogP) is 1.23. The molecule has 4 heteroatoms. The molecule has 1 rings (SSSR count). The summed E-state index contributed by atoms with van der Waals surface area (Å²) in [6, 6.07) is 8.79. The van der Waals surface area contributed by atoms with E-state index in [1.54, 1.807) is 24.3 Å². The van der Waals surface area contributed by atoms with Crippen LogP contribution in [0.25, 0.3) is 0 Å². The Morgan fingerprint density at radius 1 is 1.46 bits per heavy atom. The molecule has 0 atom stereocenters. The molecular formula is C9H10N2O2. The van der Waals surface area contributed by atoms with Crippen molar-refractivity contribution >= 4 is 11.7 Å². The van der Waals surface area contributed by atoms with E-state index in [1.807, 2.05) is 6.07 Å². The molecule has 0 radical (unpaired) electrons. The van der Waals surface area contributed by atoms with E-state index in [2.05, 4.69) is 0 Å². The molecule has 0 aliphatic rings. The number of carboxylic acids is 1. The van der Waals surface area contributed by atoms with Crippen molar-refractivity contribution in [3.63, 3.8) is 0 Å². The van der Waals surface area contributed by atoms with Crippen molar-refractivity contribution in [3.8, 4) is 6.07 Å². The van der Waals surface area contributed by atoms with E-state index in [9.17, 15) is 0 Å². The second-order valence-electron chi connectivity index (χ2n) is 2.25. The standard InChI is InChI=1S/C7H6N2.C2H4O2/c8-5-6-1-3-7(9)4-2-6;1-2(3)4/h1-4H,9H2;1H3,(H,3,4). The Kier molecular flexibility index (Phi) is 4.74. The number of anilines is 1. The van der Waals surface area contributed by atoms with Gasteiger partial charge in [-0.3, -0.25) is 4.79 Å². The maximum absolute atomic E-state index is 9.00. The van der Waals surface area contributed by atoms with E-state index < -0.39 is 5.97 Å². The predicted molar refractivity (Wildman–Crippen MR) is 48.9 cm³/mol. The molecule has 0 aliphatic carbocycles. The smallest absolute Gasteiger partial charge is 0.300 e. The monoisotopic (exact) mass is 178 g/mol. The number of hydrogen-bond donors (Lipinski definition) is 2. The van der Waals surface area contributed by atoms with Crippen molar-refractivity contribution in [2.75, 3.05) is 5.73 Å². The Balaban J connectivity index is 0.000000310. The fraction of sp³-hybridized carbons (Fsp3) is 0.111. The van der Waals surface area contributed by atoms with Gasteiger partial charge in [0.25, 0.3) is 5.97 Å². The molecule has 0 spiro atoms. The molecule has 13 heavy (non-hydrogen) atoms. The Labute approximate surface area is 76.2 Å². The maximum atomic E-state index is 9.00. The lowest BCUT2D eigenvalue weighted by Gasteiger charge is -1.88. The first-order valence-corrected chi connectivity index (χ1v) is 3.51. The van der Waals surface area contributed by atoms with Crippen LogP contribution in [0.1, 0.15) is 12.5 Å². The zero-order chi connectivity index (χ0) is 10.3. The summed E-state index contributed by atoms with van der Waals surface area (Å²) in [5.74, 6) is -0.833. The van der Waals surface area contributed by atoms with Gasteiger partial charge in [-0.1, -0.05) is 0 Å².